The average Bonchev–Trinajstić information content (AvgIpc) is 2.10. The highest BCUT2D eigenvalue weighted by molar-refractivity contribution is 5.38. The van der Waals surface area contributed by atoms with Crippen LogP contribution in [0.15, 0.2) is 24.8 Å². The zero-order valence-electron chi connectivity index (χ0n) is 7.53. The number of hydrogen-bond donors (Lipinski definition) is 0. The molecule has 0 spiro atoms. The Morgan fingerprint density at radius 3 is 2.75 bits per heavy atom. The summed E-state index contributed by atoms with van der Waals surface area (Å²) < 4.78 is 4.72. The van der Waals surface area contributed by atoms with Gasteiger partial charge in [-0.1, -0.05) is 38.2 Å². The molecule has 0 saturated heterocycles. The molecule has 0 unspecified atom stereocenters. The van der Waals surface area contributed by atoms with E-state index in [4.69, 9.17) is 4.74 Å². The Hall–Kier alpha value is -1.05. The SMILES string of the molecule is C=C[C@@H](C/C=C/CCC)OC=O. The zero-order chi connectivity index (χ0) is 9.23. The van der Waals surface area contributed by atoms with E-state index < -0.39 is 0 Å². The summed E-state index contributed by atoms with van der Waals surface area (Å²) in [6.07, 6.45) is 8.50. The largest absolute Gasteiger partial charge is 0.460 e. The minimum atomic E-state index is -0.171. The van der Waals surface area contributed by atoms with Crippen molar-refractivity contribution in [3.05, 3.63) is 24.8 Å². The fourth-order valence-electron chi connectivity index (χ4n) is 0.794. The standard InChI is InChI=1S/C10H16O2/c1-3-5-6-7-8-10(4-2)12-9-11/h4,6-7,9-10H,2-3,5,8H2,1H3/b7-6+/t10-/m0/s1. The van der Waals surface area contributed by atoms with Crippen LogP contribution in [0.3, 0.4) is 0 Å². The summed E-state index contributed by atoms with van der Waals surface area (Å²) in [7, 11) is 0. The van der Waals surface area contributed by atoms with Crippen molar-refractivity contribution in [2.45, 2.75) is 32.3 Å². The topological polar surface area (TPSA) is 26.3 Å². The van der Waals surface area contributed by atoms with Crippen molar-refractivity contribution in [3.8, 4) is 0 Å². The van der Waals surface area contributed by atoms with E-state index in [0.717, 1.165) is 19.3 Å². The molecule has 0 aliphatic rings. The fourth-order valence-corrected chi connectivity index (χ4v) is 0.794. The van der Waals surface area contributed by atoms with Gasteiger partial charge in [0.2, 0.25) is 0 Å². The molecule has 2 heteroatoms. The lowest BCUT2D eigenvalue weighted by atomic mass is 10.2. The maximum atomic E-state index is 9.97. The smallest absolute Gasteiger partial charge is 0.293 e. The van der Waals surface area contributed by atoms with Crippen molar-refractivity contribution < 1.29 is 9.53 Å². The monoisotopic (exact) mass is 168 g/mol. The molecule has 68 valence electrons. The van der Waals surface area contributed by atoms with Gasteiger partial charge in [-0.25, -0.2) is 0 Å². The van der Waals surface area contributed by atoms with E-state index in [1.54, 1.807) is 6.08 Å². The highest BCUT2D eigenvalue weighted by Gasteiger charge is 1.98. The third-order valence-electron chi connectivity index (χ3n) is 1.48. The fraction of sp³-hybridized carbons (Fsp3) is 0.500. The van der Waals surface area contributed by atoms with Crippen LogP contribution in [0.5, 0.6) is 0 Å². The van der Waals surface area contributed by atoms with Gasteiger partial charge in [-0.3, -0.25) is 4.79 Å². The van der Waals surface area contributed by atoms with Crippen molar-refractivity contribution in [2.24, 2.45) is 0 Å². The van der Waals surface area contributed by atoms with E-state index in [1.807, 2.05) is 6.08 Å². The lowest BCUT2D eigenvalue weighted by Crippen LogP contribution is -2.06. The van der Waals surface area contributed by atoms with E-state index in [1.165, 1.54) is 0 Å². The minimum absolute atomic E-state index is 0.171. The first-order valence-electron chi connectivity index (χ1n) is 4.21. The molecule has 0 saturated carbocycles. The molecule has 0 fully saturated rings. The van der Waals surface area contributed by atoms with Crippen LogP contribution in [-0.2, 0) is 9.53 Å². The van der Waals surface area contributed by atoms with Crippen LogP contribution in [0.1, 0.15) is 26.2 Å². The Labute approximate surface area is 73.9 Å². The maximum absolute atomic E-state index is 9.97. The van der Waals surface area contributed by atoms with Gasteiger partial charge in [0.15, 0.2) is 0 Å². The van der Waals surface area contributed by atoms with Crippen molar-refractivity contribution in [3.63, 3.8) is 0 Å². The summed E-state index contributed by atoms with van der Waals surface area (Å²) >= 11 is 0. The number of unbranched alkanes of at least 4 members (excludes halogenated alkanes) is 1. The third-order valence-corrected chi connectivity index (χ3v) is 1.48. The van der Waals surface area contributed by atoms with E-state index in [9.17, 15) is 4.79 Å². The molecule has 2 nitrogen and oxygen atoms in total. The van der Waals surface area contributed by atoms with Gasteiger partial charge >= 0.3 is 0 Å². The maximum Gasteiger partial charge on any atom is 0.293 e. The van der Waals surface area contributed by atoms with Gasteiger partial charge in [-0.15, -0.1) is 0 Å². The molecule has 0 heterocycles. The number of carbonyl (C=O) groups excluding carboxylic acids is 1. The molecule has 0 aliphatic carbocycles. The van der Waals surface area contributed by atoms with Crippen LogP contribution in [0.25, 0.3) is 0 Å². The Kier molecular flexibility index (Phi) is 7.35. The lowest BCUT2D eigenvalue weighted by molar-refractivity contribution is -0.131. The summed E-state index contributed by atoms with van der Waals surface area (Å²) in [6.45, 7) is 6.14. The molecule has 1 atom stereocenters. The summed E-state index contributed by atoms with van der Waals surface area (Å²) in [4.78, 5) is 9.97. The number of ether oxygens (including phenoxy) is 1. The van der Waals surface area contributed by atoms with Crippen LogP contribution in [0.2, 0.25) is 0 Å². The molecule has 0 aromatic carbocycles. The summed E-state index contributed by atoms with van der Waals surface area (Å²) in [5.74, 6) is 0. The summed E-state index contributed by atoms with van der Waals surface area (Å²) in [6, 6.07) is 0. The molecule has 0 N–H and O–H groups in total. The number of carbonyl (C=O) groups is 1. The predicted octanol–water partition coefficient (Wildman–Crippen LogP) is 2.46. The lowest BCUT2D eigenvalue weighted by Gasteiger charge is -2.05. The zero-order valence-corrected chi connectivity index (χ0v) is 7.53. The quantitative estimate of drug-likeness (QED) is 0.431. The summed E-state index contributed by atoms with van der Waals surface area (Å²) in [5.41, 5.74) is 0. The van der Waals surface area contributed by atoms with Crippen LogP contribution < -0.4 is 0 Å². The molecule has 0 amide bonds. The number of allylic oxidation sites excluding steroid dienone is 1. The van der Waals surface area contributed by atoms with Crippen molar-refractivity contribution in [1.29, 1.82) is 0 Å². The Bertz CT molecular complexity index is 150. The minimum Gasteiger partial charge on any atom is -0.460 e. The van der Waals surface area contributed by atoms with Crippen LogP contribution >= 0.6 is 0 Å². The molecular weight excluding hydrogens is 152 g/mol. The van der Waals surface area contributed by atoms with Gasteiger partial charge in [-0.05, 0) is 6.42 Å². The number of rotatable bonds is 7. The van der Waals surface area contributed by atoms with Gasteiger partial charge < -0.3 is 4.74 Å². The van der Waals surface area contributed by atoms with E-state index in [0.29, 0.717) is 6.47 Å². The Balaban J connectivity index is 3.56. The van der Waals surface area contributed by atoms with Gasteiger partial charge in [0, 0.05) is 6.42 Å². The predicted molar refractivity (Wildman–Crippen MR) is 49.8 cm³/mol. The first kappa shape index (κ1) is 11.0. The van der Waals surface area contributed by atoms with E-state index >= 15 is 0 Å². The van der Waals surface area contributed by atoms with Crippen molar-refractivity contribution >= 4 is 6.47 Å². The Morgan fingerprint density at radius 1 is 1.50 bits per heavy atom. The normalized spacial score (nSPS) is 12.8. The molecule has 0 aromatic rings. The van der Waals surface area contributed by atoms with E-state index in [2.05, 4.69) is 19.6 Å². The van der Waals surface area contributed by atoms with Crippen LogP contribution in [0.4, 0.5) is 0 Å². The van der Waals surface area contributed by atoms with Gasteiger partial charge in [0.1, 0.15) is 6.10 Å². The van der Waals surface area contributed by atoms with Gasteiger partial charge in [-0.2, -0.15) is 0 Å². The van der Waals surface area contributed by atoms with Crippen LogP contribution in [-0.4, -0.2) is 12.6 Å². The van der Waals surface area contributed by atoms with Gasteiger partial charge in [0.25, 0.3) is 6.47 Å². The van der Waals surface area contributed by atoms with Crippen molar-refractivity contribution in [2.75, 3.05) is 0 Å². The van der Waals surface area contributed by atoms with Crippen LogP contribution in [0, 0.1) is 0 Å². The second-order valence-electron chi connectivity index (χ2n) is 2.50. The summed E-state index contributed by atoms with van der Waals surface area (Å²) in [5, 5.41) is 0. The second kappa shape index (κ2) is 8.05. The number of hydrogen-bond acceptors (Lipinski definition) is 2. The van der Waals surface area contributed by atoms with Gasteiger partial charge in [0.05, 0.1) is 0 Å². The highest BCUT2D eigenvalue weighted by atomic mass is 16.5. The molecule has 0 aromatic heterocycles. The molecule has 0 rings (SSSR count). The highest BCUT2D eigenvalue weighted by Crippen LogP contribution is 2.00. The molecule has 0 aliphatic heterocycles. The Morgan fingerprint density at radius 2 is 2.25 bits per heavy atom. The van der Waals surface area contributed by atoms with E-state index in [-0.39, 0.29) is 6.10 Å². The molecular formula is C10H16O2. The second-order valence-corrected chi connectivity index (χ2v) is 2.50. The molecule has 0 radical (unpaired) electrons. The first-order valence-corrected chi connectivity index (χ1v) is 4.21. The molecule has 0 bridgehead atoms. The molecule has 12 heavy (non-hydrogen) atoms. The first-order chi connectivity index (χ1) is 5.85. The average molecular weight is 168 g/mol. The third kappa shape index (κ3) is 5.71. The van der Waals surface area contributed by atoms with Crippen molar-refractivity contribution in [1.82, 2.24) is 0 Å².